The Morgan fingerprint density at radius 1 is 1.00 bits per heavy atom. The summed E-state index contributed by atoms with van der Waals surface area (Å²) in [6, 6.07) is 5.61. The maximum Gasteiger partial charge on any atom is 0.226 e. The molecule has 0 aliphatic heterocycles. The monoisotopic (exact) mass is 244 g/mol. The third kappa shape index (κ3) is 2.51. The molecule has 4 N–H and O–H groups in total. The number of anilines is 2. The van der Waals surface area contributed by atoms with E-state index in [9.17, 15) is 0 Å². The normalized spacial score (nSPS) is 10.4. The standard InChI is InChI=1S/C13H16N4O/c1-7-4-8(2)9(3)10(5-7)18-12-6-11(14)16-13(15)17-12/h4-6H,1-3H3,(H4,14,15,16,17). The second-order valence-electron chi connectivity index (χ2n) is 4.30. The molecule has 0 fully saturated rings. The van der Waals surface area contributed by atoms with Crippen LogP contribution in [0.5, 0.6) is 11.6 Å². The number of ether oxygens (including phenoxy) is 1. The molecule has 1 aromatic heterocycles. The van der Waals surface area contributed by atoms with Crippen LogP contribution in [-0.2, 0) is 0 Å². The molecule has 0 saturated heterocycles. The highest BCUT2D eigenvalue weighted by atomic mass is 16.5. The Kier molecular flexibility index (Phi) is 3.06. The molecule has 5 heteroatoms. The summed E-state index contributed by atoms with van der Waals surface area (Å²) in [7, 11) is 0. The Bertz CT molecular complexity index is 576. The van der Waals surface area contributed by atoms with Crippen LogP contribution in [0.3, 0.4) is 0 Å². The summed E-state index contributed by atoms with van der Waals surface area (Å²) in [5, 5.41) is 0. The molecule has 0 unspecified atom stereocenters. The fourth-order valence-electron chi connectivity index (χ4n) is 1.73. The highest BCUT2D eigenvalue weighted by Crippen LogP contribution is 2.28. The predicted octanol–water partition coefficient (Wildman–Crippen LogP) is 2.36. The van der Waals surface area contributed by atoms with Crippen LogP contribution in [0.25, 0.3) is 0 Å². The van der Waals surface area contributed by atoms with Crippen molar-refractivity contribution in [2.75, 3.05) is 11.5 Å². The second kappa shape index (κ2) is 4.52. The van der Waals surface area contributed by atoms with Crippen LogP contribution in [0.1, 0.15) is 16.7 Å². The van der Waals surface area contributed by atoms with Gasteiger partial charge in [0.25, 0.3) is 0 Å². The van der Waals surface area contributed by atoms with Crippen LogP contribution in [0.2, 0.25) is 0 Å². The lowest BCUT2D eigenvalue weighted by Gasteiger charge is -2.11. The quantitative estimate of drug-likeness (QED) is 0.846. The summed E-state index contributed by atoms with van der Waals surface area (Å²) in [6.45, 7) is 6.05. The average Bonchev–Trinajstić information content (AvgIpc) is 2.23. The third-order valence-electron chi connectivity index (χ3n) is 2.72. The van der Waals surface area contributed by atoms with E-state index < -0.39 is 0 Å². The highest BCUT2D eigenvalue weighted by molar-refractivity contribution is 5.45. The fraction of sp³-hybridized carbons (Fsp3) is 0.231. The number of nitrogens with zero attached hydrogens (tertiary/aromatic N) is 2. The van der Waals surface area contributed by atoms with E-state index in [0.29, 0.717) is 11.7 Å². The zero-order chi connectivity index (χ0) is 13.3. The van der Waals surface area contributed by atoms with Gasteiger partial charge in [0.1, 0.15) is 11.6 Å². The zero-order valence-electron chi connectivity index (χ0n) is 10.7. The van der Waals surface area contributed by atoms with Crippen LogP contribution in [-0.4, -0.2) is 9.97 Å². The first-order chi connectivity index (χ1) is 8.45. The topological polar surface area (TPSA) is 87.0 Å². The fourth-order valence-corrected chi connectivity index (χ4v) is 1.73. The summed E-state index contributed by atoms with van der Waals surface area (Å²) < 4.78 is 5.72. The minimum atomic E-state index is 0.104. The van der Waals surface area contributed by atoms with E-state index >= 15 is 0 Å². The van der Waals surface area contributed by atoms with Crippen molar-refractivity contribution in [3.63, 3.8) is 0 Å². The first-order valence-electron chi connectivity index (χ1n) is 5.61. The molecule has 0 aliphatic carbocycles. The molecule has 0 atom stereocenters. The number of nitrogen functional groups attached to an aromatic ring is 2. The Balaban J connectivity index is 2.39. The van der Waals surface area contributed by atoms with E-state index in [2.05, 4.69) is 16.0 Å². The SMILES string of the molecule is Cc1cc(C)c(C)c(Oc2cc(N)nc(N)n2)c1. The Labute approximate surface area is 106 Å². The van der Waals surface area contributed by atoms with Crippen LogP contribution in [0, 0.1) is 20.8 Å². The van der Waals surface area contributed by atoms with E-state index in [0.717, 1.165) is 16.9 Å². The molecule has 0 amide bonds. The van der Waals surface area contributed by atoms with E-state index in [1.807, 2.05) is 26.8 Å². The lowest BCUT2D eigenvalue weighted by Crippen LogP contribution is -2.01. The molecule has 2 rings (SSSR count). The summed E-state index contributed by atoms with van der Waals surface area (Å²) in [6.07, 6.45) is 0. The Hall–Kier alpha value is -2.30. The van der Waals surface area contributed by atoms with Crippen molar-refractivity contribution in [2.45, 2.75) is 20.8 Å². The lowest BCUT2D eigenvalue weighted by atomic mass is 10.1. The van der Waals surface area contributed by atoms with Gasteiger partial charge in [0, 0.05) is 6.07 Å². The lowest BCUT2D eigenvalue weighted by molar-refractivity contribution is 0.459. The van der Waals surface area contributed by atoms with Gasteiger partial charge in [0.15, 0.2) is 0 Å². The molecule has 0 radical (unpaired) electrons. The van der Waals surface area contributed by atoms with Gasteiger partial charge in [-0.05, 0) is 43.5 Å². The number of aryl methyl sites for hydroxylation is 2. The van der Waals surface area contributed by atoms with Gasteiger partial charge >= 0.3 is 0 Å². The van der Waals surface area contributed by atoms with Gasteiger partial charge in [-0.1, -0.05) is 6.07 Å². The summed E-state index contributed by atoms with van der Waals surface area (Å²) in [5.41, 5.74) is 14.5. The molecule has 94 valence electrons. The number of aromatic nitrogens is 2. The smallest absolute Gasteiger partial charge is 0.226 e. The summed E-state index contributed by atoms with van der Waals surface area (Å²) >= 11 is 0. The number of hydrogen-bond acceptors (Lipinski definition) is 5. The Morgan fingerprint density at radius 2 is 1.72 bits per heavy atom. The molecular formula is C13H16N4O. The van der Waals surface area contributed by atoms with Crippen molar-refractivity contribution in [1.82, 2.24) is 9.97 Å². The number of benzene rings is 1. The van der Waals surface area contributed by atoms with Gasteiger partial charge in [-0.25, -0.2) is 0 Å². The molecule has 0 bridgehead atoms. The van der Waals surface area contributed by atoms with Crippen molar-refractivity contribution in [3.05, 3.63) is 34.9 Å². The van der Waals surface area contributed by atoms with Crippen LogP contribution < -0.4 is 16.2 Å². The number of hydrogen-bond donors (Lipinski definition) is 2. The van der Waals surface area contributed by atoms with Gasteiger partial charge in [-0.2, -0.15) is 9.97 Å². The van der Waals surface area contributed by atoms with Crippen LogP contribution in [0.15, 0.2) is 18.2 Å². The molecule has 2 aromatic rings. The van der Waals surface area contributed by atoms with Gasteiger partial charge in [0.2, 0.25) is 11.8 Å². The van der Waals surface area contributed by atoms with Crippen molar-refractivity contribution in [3.8, 4) is 11.6 Å². The Morgan fingerprint density at radius 3 is 2.39 bits per heavy atom. The molecule has 18 heavy (non-hydrogen) atoms. The molecular weight excluding hydrogens is 228 g/mol. The number of rotatable bonds is 2. The molecule has 5 nitrogen and oxygen atoms in total. The summed E-state index contributed by atoms with van der Waals surface area (Å²) in [4.78, 5) is 7.79. The van der Waals surface area contributed by atoms with Crippen molar-refractivity contribution < 1.29 is 4.74 Å². The molecule has 0 saturated carbocycles. The minimum Gasteiger partial charge on any atom is -0.438 e. The third-order valence-corrected chi connectivity index (χ3v) is 2.72. The van der Waals surface area contributed by atoms with E-state index in [4.69, 9.17) is 16.2 Å². The van der Waals surface area contributed by atoms with Crippen LogP contribution >= 0.6 is 0 Å². The summed E-state index contributed by atoms with van der Waals surface area (Å²) in [5.74, 6) is 1.50. The zero-order valence-corrected chi connectivity index (χ0v) is 10.7. The van der Waals surface area contributed by atoms with Crippen molar-refractivity contribution in [1.29, 1.82) is 0 Å². The van der Waals surface area contributed by atoms with Gasteiger partial charge in [-0.3, -0.25) is 0 Å². The van der Waals surface area contributed by atoms with Crippen molar-refractivity contribution >= 4 is 11.8 Å². The van der Waals surface area contributed by atoms with Crippen LogP contribution in [0.4, 0.5) is 11.8 Å². The van der Waals surface area contributed by atoms with Gasteiger partial charge in [0.05, 0.1) is 0 Å². The minimum absolute atomic E-state index is 0.104. The second-order valence-corrected chi connectivity index (χ2v) is 4.30. The molecule has 0 spiro atoms. The predicted molar refractivity (Wildman–Crippen MR) is 71.6 cm³/mol. The molecule has 0 aliphatic rings. The maximum atomic E-state index is 5.72. The largest absolute Gasteiger partial charge is 0.438 e. The highest BCUT2D eigenvalue weighted by Gasteiger charge is 2.07. The van der Waals surface area contributed by atoms with E-state index in [-0.39, 0.29) is 5.95 Å². The first-order valence-corrected chi connectivity index (χ1v) is 5.61. The molecule has 1 heterocycles. The van der Waals surface area contributed by atoms with E-state index in [1.54, 1.807) is 6.07 Å². The number of nitrogens with two attached hydrogens (primary N) is 2. The van der Waals surface area contributed by atoms with Gasteiger partial charge < -0.3 is 16.2 Å². The first kappa shape index (κ1) is 12.2. The average molecular weight is 244 g/mol. The van der Waals surface area contributed by atoms with Crippen molar-refractivity contribution in [2.24, 2.45) is 0 Å². The van der Waals surface area contributed by atoms with Gasteiger partial charge in [-0.15, -0.1) is 0 Å². The van der Waals surface area contributed by atoms with E-state index in [1.165, 1.54) is 5.56 Å². The molecule has 1 aromatic carbocycles. The maximum absolute atomic E-state index is 5.72.